The number of nitrogens with two attached hydrogens (primary N) is 1. The number of rotatable bonds is 3. The second-order valence-electron chi connectivity index (χ2n) is 6.76. The van der Waals surface area contributed by atoms with Crippen molar-refractivity contribution in [3.8, 4) is 0 Å². The average molecular weight is 388 g/mol. The number of carbonyl (C=O) groups excluding carboxylic acids is 1. The summed E-state index contributed by atoms with van der Waals surface area (Å²) in [6, 6.07) is 4.77. The highest BCUT2D eigenvalue weighted by Gasteiger charge is 2.35. The van der Waals surface area contributed by atoms with Gasteiger partial charge in [-0.1, -0.05) is 12.1 Å². The van der Waals surface area contributed by atoms with Crippen molar-refractivity contribution in [3.05, 3.63) is 34.1 Å². The van der Waals surface area contributed by atoms with Gasteiger partial charge in [0.05, 0.1) is 10.5 Å². The summed E-state index contributed by atoms with van der Waals surface area (Å²) in [6.07, 6.45) is 0.394. The first-order valence-electron chi connectivity index (χ1n) is 7.61. The lowest BCUT2D eigenvalue weighted by Gasteiger charge is -2.26. The lowest BCUT2D eigenvalue weighted by molar-refractivity contribution is 0.0285. The predicted molar refractivity (Wildman–Crippen MR) is 90.1 cm³/mol. The summed E-state index contributed by atoms with van der Waals surface area (Å²) in [4.78, 5) is 13.8. The molecule has 0 bridgehead atoms. The number of ether oxygens (including phenoxy) is 1. The van der Waals surface area contributed by atoms with Crippen LogP contribution in [0.4, 0.5) is 9.18 Å². The molecule has 0 radical (unpaired) electrons. The molecule has 1 amide bonds. The highest BCUT2D eigenvalue weighted by molar-refractivity contribution is 9.10. The summed E-state index contributed by atoms with van der Waals surface area (Å²) in [7, 11) is 0. The van der Waals surface area contributed by atoms with Crippen molar-refractivity contribution >= 4 is 22.0 Å². The molecule has 1 fully saturated rings. The summed E-state index contributed by atoms with van der Waals surface area (Å²) < 4.78 is 20.1. The Kier molecular flexibility index (Phi) is 5.65. The van der Waals surface area contributed by atoms with Gasteiger partial charge in [-0.3, -0.25) is 11.3 Å². The third-order valence-corrected chi connectivity index (χ3v) is 4.46. The predicted octanol–water partition coefficient (Wildman–Crippen LogP) is 3.35. The zero-order valence-corrected chi connectivity index (χ0v) is 15.2. The van der Waals surface area contributed by atoms with Crippen LogP contribution in [0.2, 0.25) is 0 Å². The molecule has 5 nitrogen and oxygen atoms in total. The zero-order chi connectivity index (χ0) is 17.2. The van der Waals surface area contributed by atoms with Crippen molar-refractivity contribution in [2.75, 3.05) is 13.1 Å². The van der Waals surface area contributed by atoms with Gasteiger partial charge in [-0.25, -0.2) is 9.18 Å². The van der Waals surface area contributed by atoms with Gasteiger partial charge in [0.2, 0.25) is 0 Å². The summed E-state index contributed by atoms with van der Waals surface area (Å²) in [6.45, 7) is 6.56. The fourth-order valence-corrected chi connectivity index (χ4v) is 3.17. The first kappa shape index (κ1) is 18.2. The Morgan fingerprint density at radius 1 is 1.52 bits per heavy atom. The maximum Gasteiger partial charge on any atom is 0.410 e. The third kappa shape index (κ3) is 4.43. The molecule has 23 heavy (non-hydrogen) atoms. The number of nitrogens with zero attached hydrogens (tertiary/aromatic N) is 1. The van der Waals surface area contributed by atoms with E-state index in [-0.39, 0.29) is 23.9 Å². The van der Waals surface area contributed by atoms with Crippen LogP contribution in [0.15, 0.2) is 22.7 Å². The van der Waals surface area contributed by atoms with Crippen LogP contribution < -0.4 is 11.3 Å². The maximum absolute atomic E-state index is 14.3. The second kappa shape index (κ2) is 7.15. The lowest BCUT2D eigenvalue weighted by Crippen LogP contribution is -2.38. The van der Waals surface area contributed by atoms with Gasteiger partial charge >= 0.3 is 6.09 Å². The number of hydrogen-bond donors (Lipinski definition) is 2. The van der Waals surface area contributed by atoms with Crippen LogP contribution in [0, 0.1) is 11.7 Å². The number of amides is 1. The topological polar surface area (TPSA) is 67.6 Å². The smallest absolute Gasteiger partial charge is 0.410 e. The molecule has 1 aliphatic heterocycles. The molecule has 0 aliphatic carbocycles. The molecule has 0 spiro atoms. The Bertz CT molecular complexity index is 577. The monoisotopic (exact) mass is 387 g/mol. The van der Waals surface area contributed by atoms with Gasteiger partial charge in [0.25, 0.3) is 0 Å². The van der Waals surface area contributed by atoms with Crippen LogP contribution in [-0.4, -0.2) is 29.7 Å². The van der Waals surface area contributed by atoms with E-state index in [4.69, 9.17) is 10.6 Å². The molecule has 1 aromatic rings. The number of likely N-dealkylation sites (tertiary alicyclic amines) is 1. The molecule has 1 aromatic carbocycles. The molecule has 1 heterocycles. The first-order chi connectivity index (χ1) is 10.7. The maximum atomic E-state index is 14.3. The molecule has 0 saturated carbocycles. The van der Waals surface area contributed by atoms with Gasteiger partial charge in [-0.05, 0) is 55.1 Å². The summed E-state index contributed by atoms with van der Waals surface area (Å²) in [5.74, 6) is 5.36. The highest BCUT2D eigenvalue weighted by Crippen LogP contribution is 2.33. The van der Waals surface area contributed by atoms with E-state index < -0.39 is 5.60 Å². The number of hydrazine groups is 1. The Hall–Kier alpha value is -1.18. The molecular formula is C16H23BrFN3O2. The molecule has 2 rings (SSSR count). The molecule has 2 atom stereocenters. The van der Waals surface area contributed by atoms with Crippen LogP contribution in [-0.2, 0) is 4.74 Å². The Morgan fingerprint density at radius 3 is 2.83 bits per heavy atom. The summed E-state index contributed by atoms with van der Waals surface area (Å²) >= 11 is 3.19. The zero-order valence-electron chi connectivity index (χ0n) is 13.6. The van der Waals surface area contributed by atoms with Crippen LogP contribution in [0.1, 0.15) is 38.8 Å². The van der Waals surface area contributed by atoms with Gasteiger partial charge in [0.1, 0.15) is 11.4 Å². The van der Waals surface area contributed by atoms with Crippen LogP contribution in [0.5, 0.6) is 0 Å². The minimum absolute atomic E-state index is 0.0244. The van der Waals surface area contributed by atoms with Crippen molar-refractivity contribution in [1.29, 1.82) is 0 Å². The highest BCUT2D eigenvalue weighted by atomic mass is 79.9. The number of halogens is 2. The molecule has 1 saturated heterocycles. The minimum Gasteiger partial charge on any atom is -0.444 e. The van der Waals surface area contributed by atoms with Crippen LogP contribution in [0.25, 0.3) is 0 Å². The third-order valence-electron chi connectivity index (χ3n) is 3.84. The number of hydrogen-bond acceptors (Lipinski definition) is 4. The van der Waals surface area contributed by atoms with Crippen LogP contribution in [0.3, 0.4) is 0 Å². The lowest BCUT2D eigenvalue weighted by atomic mass is 9.92. The average Bonchev–Trinajstić information content (AvgIpc) is 2.92. The Morgan fingerprint density at radius 2 is 2.22 bits per heavy atom. The van der Waals surface area contributed by atoms with E-state index in [1.807, 2.05) is 20.8 Å². The normalized spacial score (nSPS) is 19.7. The van der Waals surface area contributed by atoms with Gasteiger partial charge in [-0.15, -0.1) is 0 Å². The molecule has 3 N–H and O–H groups in total. The van der Waals surface area contributed by atoms with Gasteiger partial charge in [-0.2, -0.15) is 0 Å². The molecule has 128 valence electrons. The molecular weight excluding hydrogens is 365 g/mol. The van der Waals surface area contributed by atoms with Crippen molar-refractivity contribution in [2.24, 2.45) is 11.8 Å². The number of carbonyl (C=O) groups is 1. The first-order valence-corrected chi connectivity index (χ1v) is 8.40. The molecule has 2 unspecified atom stereocenters. The Labute approximate surface area is 144 Å². The fraction of sp³-hybridized carbons (Fsp3) is 0.562. The molecule has 1 aliphatic rings. The summed E-state index contributed by atoms with van der Waals surface area (Å²) in [5, 5.41) is 0. The standard InChI is InChI=1S/C16H23BrFN3O2/c1-16(2,3)23-15(22)21-8-7-10(9-21)14(20-19)11-5-4-6-12(17)13(11)18/h4-6,10,14,20H,7-9,19H2,1-3H3. The van der Waals surface area contributed by atoms with E-state index in [9.17, 15) is 9.18 Å². The van der Waals surface area contributed by atoms with E-state index in [1.54, 1.807) is 23.1 Å². The van der Waals surface area contributed by atoms with Crippen molar-refractivity contribution in [1.82, 2.24) is 10.3 Å². The van der Waals surface area contributed by atoms with Gasteiger partial charge < -0.3 is 9.64 Å². The number of nitrogens with one attached hydrogen (secondary N) is 1. The van der Waals surface area contributed by atoms with E-state index in [2.05, 4.69) is 21.4 Å². The van der Waals surface area contributed by atoms with E-state index in [0.29, 0.717) is 23.1 Å². The van der Waals surface area contributed by atoms with Gasteiger partial charge in [0.15, 0.2) is 0 Å². The number of benzene rings is 1. The SMILES string of the molecule is CC(C)(C)OC(=O)N1CCC(C(NN)c2cccc(Br)c2F)C1. The van der Waals surface area contributed by atoms with Gasteiger partial charge in [0, 0.05) is 18.7 Å². The molecule has 7 heteroatoms. The van der Waals surface area contributed by atoms with E-state index >= 15 is 0 Å². The van der Waals surface area contributed by atoms with E-state index in [0.717, 1.165) is 6.42 Å². The summed E-state index contributed by atoms with van der Waals surface area (Å²) in [5.41, 5.74) is 2.66. The second-order valence-corrected chi connectivity index (χ2v) is 7.62. The van der Waals surface area contributed by atoms with E-state index in [1.165, 1.54) is 0 Å². The van der Waals surface area contributed by atoms with Crippen molar-refractivity contribution in [2.45, 2.75) is 38.8 Å². The largest absolute Gasteiger partial charge is 0.444 e. The van der Waals surface area contributed by atoms with Crippen molar-refractivity contribution < 1.29 is 13.9 Å². The van der Waals surface area contributed by atoms with Crippen molar-refractivity contribution in [3.63, 3.8) is 0 Å². The fourth-order valence-electron chi connectivity index (χ4n) is 2.79. The van der Waals surface area contributed by atoms with Crippen LogP contribution >= 0.6 is 15.9 Å². The quantitative estimate of drug-likeness (QED) is 0.616. The molecule has 0 aromatic heterocycles. The minimum atomic E-state index is -0.531. The Balaban J connectivity index is 2.10.